The van der Waals surface area contributed by atoms with Gasteiger partial charge in [0, 0.05) is 31.9 Å². The second kappa shape index (κ2) is 6.83. The van der Waals surface area contributed by atoms with Crippen molar-refractivity contribution in [2.24, 2.45) is 5.84 Å². The minimum Gasteiger partial charge on any atom is -0.340 e. The molecule has 1 aromatic carbocycles. The number of hydrazine groups is 1. The Morgan fingerprint density at radius 3 is 2.50 bits per heavy atom. The Morgan fingerprint density at radius 1 is 1.35 bits per heavy atom. The Balaban J connectivity index is 3.03. The van der Waals surface area contributed by atoms with Crippen LogP contribution in [0.3, 0.4) is 0 Å². The van der Waals surface area contributed by atoms with E-state index in [2.05, 4.69) is 5.43 Å². The molecule has 8 nitrogen and oxygen atoms in total. The summed E-state index contributed by atoms with van der Waals surface area (Å²) in [7, 11) is 5.39. The molecule has 0 aliphatic carbocycles. The van der Waals surface area contributed by atoms with Gasteiger partial charge in [-0.1, -0.05) is 0 Å². The first kappa shape index (κ1) is 15.9. The molecular weight excluding hydrogens is 262 g/mol. The standard InChI is InChI=1S/C12H19N5O3/c1-15(2)6-7-16(3)12(18)10-8-9(14-13)4-5-11(10)17(19)20/h4-5,8,14H,6-7,13H2,1-3H3. The lowest BCUT2D eigenvalue weighted by Crippen LogP contribution is -2.33. The Labute approximate surface area is 117 Å². The van der Waals surface area contributed by atoms with Gasteiger partial charge in [-0.05, 0) is 26.2 Å². The van der Waals surface area contributed by atoms with Gasteiger partial charge >= 0.3 is 0 Å². The summed E-state index contributed by atoms with van der Waals surface area (Å²) < 4.78 is 0. The molecule has 110 valence electrons. The SMILES string of the molecule is CN(C)CCN(C)C(=O)c1cc(NN)ccc1[N+](=O)[O-]. The van der Waals surface area contributed by atoms with Crippen LogP contribution in [0.15, 0.2) is 18.2 Å². The van der Waals surface area contributed by atoms with Crippen molar-refractivity contribution in [3.8, 4) is 0 Å². The van der Waals surface area contributed by atoms with Gasteiger partial charge in [0.1, 0.15) is 5.56 Å². The summed E-state index contributed by atoms with van der Waals surface area (Å²) in [6.07, 6.45) is 0. The van der Waals surface area contributed by atoms with Gasteiger partial charge in [0.15, 0.2) is 0 Å². The molecule has 0 radical (unpaired) electrons. The predicted octanol–water partition coefficient (Wildman–Crippen LogP) is 0.514. The van der Waals surface area contributed by atoms with Crippen molar-refractivity contribution >= 4 is 17.3 Å². The normalized spacial score (nSPS) is 10.4. The lowest BCUT2D eigenvalue weighted by atomic mass is 10.1. The minimum atomic E-state index is -0.576. The van der Waals surface area contributed by atoms with E-state index in [0.717, 1.165) is 0 Å². The summed E-state index contributed by atoms with van der Waals surface area (Å²) in [5.41, 5.74) is 2.61. The molecule has 20 heavy (non-hydrogen) atoms. The van der Waals surface area contributed by atoms with E-state index in [1.54, 1.807) is 7.05 Å². The number of nitrogens with one attached hydrogen (secondary N) is 1. The summed E-state index contributed by atoms with van der Waals surface area (Å²) in [5, 5.41) is 11.0. The van der Waals surface area contributed by atoms with Crippen LogP contribution in [-0.2, 0) is 0 Å². The molecule has 0 saturated carbocycles. The fourth-order valence-electron chi connectivity index (χ4n) is 1.61. The molecular formula is C12H19N5O3. The highest BCUT2D eigenvalue weighted by atomic mass is 16.6. The van der Waals surface area contributed by atoms with Crippen molar-refractivity contribution in [1.29, 1.82) is 0 Å². The van der Waals surface area contributed by atoms with E-state index in [1.165, 1.54) is 23.1 Å². The van der Waals surface area contributed by atoms with Crippen LogP contribution in [-0.4, -0.2) is 54.9 Å². The molecule has 0 heterocycles. The number of carbonyl (C=O) groups is 1. The first-order valence-corrected chi connectivity index (χ1v) is 6.02. The van der Waals surface area contributed by atoms with Crippen LogP contribution in [0.4, 0.5) is 11.4 Å². The third-order valence-electron chi connectivity index (χ3n) is 2.82. The van der Waals surface area contributed by atoms with Crippen LogP contribution in [0.5, 0.6) is 0 Å². The molecule has 1 amide bonds. The molecule has 1 rings (SSSR count). The summed E-state index contributed by atoms with van der Waals surface area (Å²) in [6, 6.07) is 4.10. The Kier molecular flexibility index (Phi) is 5.42. The van der Waals surface area contributed by atoms with E-state index >= 15 is 0 Å². The molecule has 0 aromatic heterocycles. The first-order chi connectivity index (χ1) is 9.36. The molecule has 1 aromatic rings. The summed E-state index contributed by atoms with van der Waals surface area (Å²) in [5.74, 6) is 4.86. The third-order valence-corrected chi connectivity index (χ3v) is 2.82. The molecule has 0 unspecified atom stereocenters. The Morgan fingerprint density at radius 2 is 2.00 bits per heavy atom. The van der Waals surface area contributed by atoms with Gasteiger partial charge in [0.05, 0.1) is 4.92 Å². The molecule has 0 aliphatic rings. The molecule has 8 heteroatoms. The number of nitrogen functional groups attached to an aromatic ring is 1. The highest BCUT2D eigenvalue weighted by Crippen LogP contribution is 2.23. The predicted molar refractivity (Wildman–Crippen MR) is 76.4 cm³/mol. The summed E-state index contributed by atoms with van der Waals surface area (Å²) in [4.78, 5) is 26.1. The summed E-state index contributed by atoms with van der Waals surface area (Å²) in [6.45, 7) is 1.15. The van der Waals surface area contributed by atoms with Crippen LogP contribution < -0.4 is 11.3 Å². The zero-order valence-corrected chi connectivity index (χ0v) is 11.8. The summed E-state index contributed by atoms with van der Waals surface area (Å²) >= 11 is 0. The fraction of sp³-hybridized carbons (Fsp3) is 0.417. The molecule has 0 bridgehead atoms. The quantitative estimate of drug-likeness (QED) is 0.447. The van der Waals surface area contributed by atoms with E-state index in [0.29, 0.717) is 18.8 Å². The van der Waals surface area contributed by atoms with Crippen molar-refractivity contribution in [3.63, 3.8) is 0 Å². The lowest BCUT2D eigenvalue weighted by Gasteiger charge is -2.19. The van der Waals surface area contributed by atoms with Gasteiger partial charge in [0.2, 0.25) is 0 Å². The second-order valence-corrected chi connectivity index (χ2v) is 4.66. The zero-order valence-electron chi connectivity index (χ0n) is 11.8. The number of benzene rings is 1. The van der Waals surface area contributed by atoms with Gasteiger partial charge in [0.25, 0.3) is 11.6 Å². The monoisotopic (exact) mass is 281 g/mol. The van der Waals surface area contributed by atoms with Crippen LogP contribution in [0.25, 0.3) is 0 Å². The van der Waals surface area contributed by atoms with Gasteiger partial charge in [-0.3, -0.25) is 20.8 Å². The van der Waals surface area contributed by atoms with Crippen molar-refractivity contribution in [2.75, 3.05) is 39.7 Å². The van der Waals surface area contributed by atoms with Crippen LogP contribution >= 0.6 is 0 Å². The van der Waals surface area contributed by atoms with E-state index in [9.17, 15) is 14.9 Å². The average Bonchev–Trinajstić information content (AvgIpc) is 2.42. The number of anilines is 1. The van der Waals surface area contributed by atoms with Crippen molar-refractivity contribution in [2.45, 2.75) is 0 Å². The van der Waals surface area contributed by atoms with E-state index in [-0.39, 0.29) is 11.3 Å². The lowest BCUT2D eigenvalue weighted by molar-refractivity contribution is -0.385. The number of rotatable bonds is 6. The molecule has 0 aliphatic heterocycles. The van der Waals surface area contributed by atoms with Crippen LogP contribution in [0, 0.1) is 10.1 Å². The molecule has 0 atom stereocenters. The fourth-order valence-corrected chi connectivity index (χ4v) is 1.61. The number of nitro benzene ring substituents is 1. The highest BCUT2D eigenvalue weighted by Gasteiger charge is 2.23. The maximum Gasteiger partial charge on any atom is 0.282 e. The first-order valence-electron chi connectivity index (χ1n) is 6.02. The average molecular weight is 281 g/mol. The number of hydrogen-bond donors (Lipinski definition) is 2. The number of nitrogens with two attached hydrogens (primary N) is 1. The number of nitro groups is 1. The van der Waals surface area contributed by atoms with Crippen molar-refractivity contribution in [3.05, 3.63) is 33.9 Å². The molecule has 0 fully saturated rings. The number of hydrogen-bond acceptors (Lipinski definition) is 6. The van der Waals surface area contributed by atoms with Crippen molar-refractivity contribution < 1.29 is 9.72 Å². The number of amides is 1. The molecule has 0 spiro atoms. The highest BCUT2D eigenvalue weighted by molar-refractivity contribution is 5.99. The van der Waals surface area contributed by atoms with Gasteiger partial charge in [-0.15, -0.1) is 0 Å². The van der Waals surface area contributed by atoms with Gasteiger partial charge in [-0.25, -0.2) is 0 Å². The van der Waals surface area contributed by atoms with Gasteiger partial charge in [-0.2, -0.15) is 0 Å². The van der Waals surface area contributed by atoms with Gasteiger partial charge < -0.3 is 15.2 Å². The number of carbonyl (C=O) groups excluding carboxylic acids is 1. The Hall–Kier alpha value is -2.19. The Bertz CT molecular complexity index is 504. The van der Waals surface area contributed by atoms with E-state index in [4.69, 9.17) is 5.84 Å². The largest absolute Gasteiger partial charge is 0.340 e. The zero-order chi connectivity index (χ0) is 15.3. The third kappa shape index (κ3) is 3.90. The maximum absolute atomic E-state index is 12.3. The smallest absolute Gasteiger partial charge is 0.282 e. The minimum absolute atomic E-state index is 0.0201. The molecule has 3 N–H and O–H groups in total. The van der Waals surface area contributed by atoms with E-state index in [1.807, 2.05) is 19.0 Å². The van der Waals surface area contributed by atoms with E-state index < -0.39 is 10.8 Å². The maximum atomic E-state index is 12.3. The molecule has 0 saturated heterocycles. The number of likely N-dealkylation sites (N-methyl/N-ethyl adjacent to an activating group) is 2. The number of nitrogens with zero attached hydrogens (tertiary/aromatic N) is 3. The van der Waals surface area contributed by atoms with Crippen LogP contribution in [0.2, 0.25) is 0 Å². The topological polar surface area (TPSA) is 105 Å². The second-order valence-electron chi connectivity index (χ2n) is 4.66. The van der Waals surface area contributed by atoms with Crippen LogP contribution in [0.1, 0.15) is 10.4 Å². The van der Waals surface area contributed by atoms with Crippen molar-refractivity contribution in [1.82, 2.24) is 9.80 Å².